The molecule has 30 heavy (non-hydrogen) atoms. The van der Waals surface area contributed by atoms with E-state index in [-0.39, 0.29) is 17.8 Å². The van der Waals surface area contributed by atoms with E-state index in [9.17, 15) is 9.59 Å². The quantitative estimate of drug-likeness (QED) is 0.537. The zero-order valence-electron chi connectivity index (χ0n) is 18.4. The van der Waals surface area contributed by atoms with Crippen LogP contribution in [0.15, 0.2) is 35.8 Å². The summed E-state index contributed by atoms with van der Waals surface area (Å²) >= 11 is 0. The van der Waals surface area contributed by atoms with Crippen LogP contribution in [-0.2, 0) is 14.2 Å². The van der Waals surface area contributed by atoms with E-state index in [1.165, 1.54) is 0 Å². The Labute approximate surface area is 177 Å². The Balaban J connectivity index is 1.96. The van der Waals surface area contributed by atoms with Gasteiger partial charge in [-0.25, -0.2) is 4.79 Å². The van der Waals surface area contributed by atoms with E-state index in [0.29, 0.717) is 56.0 Å². The van der Waals surface area contributed by atoms with Crippen molar-refractivity contribution < 1.29 is 28.5 Å². The fourth-order valence-corrected chi connectivity index (χ4v) is 3.80. The third-order valence-corrected chi connectivity index (χ3v) is 5.10. The number of carbonyl (C=O) groups excluding carboxylic acids is 2. The lowest BCUT2D eigenvalue weighted by Gasteiger charge is -2.45. The van der Waals surface area contributed by atoms with Gasteiger partial charge in [0.15, 0.2) is 0 Å². The summed E-state index contributed by atoms with van der Waals surface area (Å²) in [6, 6.07) is 7.20. The van der Waals surface area contributed by atoms with Gasteiger partial charge < -0.3 is 23.8 Å². The van der Waals surface area contributed by atoms with Crippen molar-refractivity contribution in [2.24, 2.45) is 0 Å². The minimum atomic E-state index is -0.913. The molecule has 164 valence electrons. The van der Waals surface area contributed by atoms with E-state index < -0.39 is 11.2 Å². The van der Waals surface area contributed by atoms with Gasteiger partial charge in [-0.2, -0.15) is 0 Å². The van der Waals surface area contributed by atoms with E-state index in [2.05, 4.69) is 0 Å². The second-order valence-electron chi connectivity index (χ2n) is 8.42. The maximum atomic E-state index is 13.5. The average Bonchev–Trinajstić information content (AvgIpc) is 2.67. The van der Waals surface area contributed by atoms with Gasteiger partial charge in [0.05, 0.1) is 18.8 Å². The molecule has 1 saturated heterocycles. The second-order valence-corrected chi connectivity index (χ2v) is 8.42. The van der Waals surface area contributed by atoms with Crippen molar-refractivity contribution in [3.63, 3.8) is 0 Å². The van der Waals surface area contributed by atoms with Crippen LogP contribution >= 0.6 is 0 Å². The van der Waals surface area contributed by atoms with Crippen LogP contribution in [0.4, 0.5) is 4.79 Å². The first-order valence-electron chi connectivity index (χ1n) is 10.5. The molecule has 1 aromatic carbocycles. The number of nitrogens with zero attached hydrogens (tertiary/aromatic N) is 1. The molecular formula is C23H31NO6. The summed E-state index contributed by atoms with van der Waals surface area (Å²) in [6.07, 6.45) is 0.511. The Morgan fingerprint density at radius 2 is 1.70 bits per heavy atom. The molecule has 2 aliphatic rings. The van der Waals surface area contributed by atoms with Gasteiger partial charge >= 0.3 is 6.09 Å². The molecule has 2 heterocycles. The van der Waals surface area contributed by atoms with Gasteiger partial charge in [0.2, 0.25) is 5.78 Å². The summed E-state index contributed by atoms with van der Waals surface area (Å²) < 4.78 is 23.4. The van der Waals surface area contributed by atoms with Crippen LogP contribution in [0.5, 0.6) is 5.75 Å². The highest BCUT2D eigenvalue weighted by atomic mass is 16.7. The number of hydrogen-bond acceptors (Lipinski definition) is 6. The summed E-state index contributed by atoms with van der Waals surface area (Å²) in [5.41, 5.74) is -0.591. The number of benzene rings is 1. The van der Waals surface area contributed by atoms with Crippen molar-refractivity contribution in [1.29, 1.82) is 0 Å². The molecule has 7 nitrogen and oxygen atoms in total. The minimum absolute atomic E-state index is 0.153. The number of likely N-dealkylation sites (tertiary alicyclic amines) is 1. The van der Waals surface area contributed by atoms with Crippen LogP contribution in [0.3, 0.4) is 0 Å². The van der Waals surface area contributed by atoms with Crippen LogP contribution in [0.2, 0.25) is 0 Å². The monoisotopic (exact) mass is 417 g/mol. The van der Waals surface area contributed by atoms with Gasteiger partial charge in [-0.3, -0.25) is 4.79 Å². The first-order chi connectivity index (χ1) is 14.2. The number of rotatable bonds is 4. The van der Waals surface area contributed by atoms with Gasteiger partial charge in [0.1, 0.15) is 22.5 Å². The van der Waals surface area contributed by atoms with Crippen LogP contribution in [0, 0.1) is 0 Å². The third kappa shape index (κ3) is 4.40. The lowest BCUT2D eigenvalue weighted by molar-refractivity contribution is -0.0169. The Morgan fingerprint density at radius 3 is 2.27 bits per heavy atom. The van der Waals surface area contributed by atoms with E-state index >= 15 is 0 Å². The van der Waals surface area contributed by atoms with Gasteiger partial charge in [-0.05, 0) is 46.8 Å². The van der Waals surface area contributed by atoms with Crippen LogP contribution < -0.4 is 4.74 Å². The predicted molar refractivity (Wildman–Crippen MR) is 111 cm³/mol. The lowest BCUT2D eigenvalue weighted by atomic mass is 9.78. The van der Waals surface area contributed by atoms with E-state index in [0.717, 1.165) is 0 Å². The van der Waals surface area contributed by atoms with Crippen molar-refractivity contribution in [3.05, 3.63) is 41.3 Å². The fraction of sp³-hybridized carbons (Fsp3) is 0.565. The largest absolute Gasteiger partial charge is 0.481 e. The summed E-state index contributed by atoms with van der Waals surface area (Å²) in [5.74, 6) is 0.606. The molecular weight excluding hydrogens is 386 g/mol. The van der Waals surface area contributed by atoms with Crippen LogP contribution in [0.1, 0.15) is 57.8 Å². The highest BCUT2D eigenvalue weighted by Gasteiger charge is 2.51. The number of fused-ring (bicyclic) bond motifs is 1. The number of amides is 1. The first-order valence-corrected chi connectivity index (χ1v) is 10.5. The molecule has 7 heteroatoms. The first kappa shape index (κ1) is 22.0. The van der Waals surface area contributed by atoms with E-state index in [4.69, 9.17) is 18.9 Å². The molecule has 2 aliphatic heterocycles. The third-order valence-electron chi connectivity index (χ3n) is 5.10. The summed E-state index contributed by atoms with van der Waals surface area (Å²) in [6.45, 7) is 10.8. The molecule has 0 atom stereocenters. The van der Waals surface area contributed by atoms with Crippen molar-refractivity contribution in [1.82, 2.24) is 4.90 Å². The normalized spacial score (nSPS) is 17.8. The predicted octanol–water partition coefficient (Wildman–Crippen LogP) is 4.32. The van der Waals surface area contributed by atoms with Gasteiger partial charge in [-0.15, -0.1) is 0 Å². The Hall–Kier alpha value is -2.70. The van der Waals surface area contributed by atoms with Crippen molar-refractivity contribution in [3.8, 4) is 5.75 Å². The molecule has 0 saturated carbocycles. The molecule has 0 bridgehead atoms. The van der Waals surface area contributed by atoms with Gasteiger partial charge in [0, 0.05) is 25.9 Å². The van der Waals surface area contributed by atoms with Gasteiger partial charge in [-0.1, -0.05) is 12.1 Å². The number of para-hydroxylation sites is 1. The molecule has 0 radical (unpaired) electrons. The molecule has 1 fully saturated rings. The summed E-state index contributed by atoms with van der Waals surface area (Å²) in [7, 11) is 0. The molecule has 0 aliphatic carbocycles. The average molecular weight is 418 g/mol. The van der Waals surface area contributed by atoms with E-state index in [1.54, 1.807) is 17.0 Å². The Morgan fingerprint density at radius 1 is 1.10 bits per heavy atom. The second kappa shape index (κ2) is 8.58. The number of hydrogen-bond donors (Lipinski definition) is 0. The summed E-state index contributed by atoms with van der Waals surface area (Å²) in [5, 5.41) is 0. The highest BCUT2D eigenvalue weighted by Crippen LogP contribution is 2.44. The number of ketones is 1. The van der Waals surface area contributed by atoms with Crippen molar-refractivity contribution in [2.75, 3.05) is 26.3 Å². The molecule has 0 aromatic heterocycles. The van der Waals surface area contributed by atoms with Crippen molar-refractivity contribution in [2.45, 2.75) is 58.7 Å². The molecule has 1 amide bonds. The Bertz CT molecular complexity index is 822. The van der Waals surface area contributed by atoms with Crippen LogP contribution in [-0.4, -0.2) is 54.3 Å². The molecule has 3 rings (SSSR count). The molecule has 0 N–H and O–H groups in total. The van der Waals surface area contributed by atoms with E-state index in [1.807, 2.05) is 46.8 Å². The lowest BCUT2D eigenvalue weighted by Crippen LogP contribution is -2.54. The smallest absolute Gasteiger partial charge is 0.410 e. The summed E-state index contributed by atoms with van der Waals surface area (Å²) in [4.78, 5) is 27.6. The minimum Gasteiger partial charge on any atom is -0.481 e. The van der Waals surface area contributed by atoms with Crippen LogP contribution in [0.25, 0.3) is 0 Å². The zero-order valence-corrected chi connectivity index (χ0v) is 18.4. The van der Waals surface area contributed by atoms with Crippen molar-refractivity contribution >= 4 is 11.9 Å². The number of Topliss-reactive ketones (excluding diaryl/α,β-unsaturated/α-hetero) is 1. The maximum Gasteiger partial charge on any atom is 0.410 e. The number of carbonyl (C=O) groups is 2. The number of piperidine rings is 1. The fourth-order valence-electron chi connectivity index (χ4n) is 3.80. The molecule has 1 aromatic rings. The molecule has 1 spiro atoms. The van der Waals surface area contributed by atoms with Gasteiger partial charge in [0.25, 0.3) is 5.95 Å². The standard InChI is InChI=1S/C23H31NO6/c1-6-27-20(28-7-2)18-19(25)16-10-8-9-11-17(16)29-23(18)12-14-24(15-13-23)21(26)30-22(3,4)5/h8-11H,6-7,12-15H2,1-5H3. The number of ether oxygens (including phenoxy) is 4. The highest BCUT2D eigenvalue weighted by molar-refractivity contribution is 6.13. The SMILES string of the molecule is CCOC(OCC)=C1C(=O)c2ccccc2OC12CCN(C(=O)OC(C)(C)C)CC2. The topological polar surface area (TPSA) is 74.3 Å². The maximum absolute atomic E-state index is 13.5. The zero-order chi connectivity index (χ0) is 21.9. The Kier molecular flexibility index (Phi) is 6.29. The molecule has 0 unspecified atom stereocenters.